The Morgan fingerprint density at radius 2 is 2.10 bits per heavy atom. The first kappa shape index (κ1) is 13.4. The van der Waals surface area contributed by atoms with Crippen molar-refractivity contribution in [2.75, 3.05) is 19.6 Å². The number of amides is 1. The molecule has 2 atom stereocenters. The van der Waals surface area contributed by atoms with Gasteiger partial charge in [0.15, 0.2) is 0 Å². The molecule has 4 heteroatoms. The first-order valence-corrected chi connectivity index (χ1v) is 7.52. The standard InChI is InChI=1S/C16H22N2O2/c19-16(20-12-13-5-2-1-3-6-13)18-10-4-7-14(11-18)15-8-9-17-15/h1-3,5-6,14-15,17H,4,7-12H2/t14?,15-/m0/s1. The minimum Gasteiger partial charge on any atom is -0.445 e. The summed E-state index contributed by atoms with van der Waals surface area (Å²) in [5.74, 6) is 0.599. The highest BCUT2D eigenvalue weighted by molar-refractivity contribution is 5.67. The van der Waals surface area contributed by atoms with Crippen molar-refractivity contribution in [2.24, 2.45) is 5.92 Å². The van der Waals surface area contributed by atoms with E-state index in [4.69, 9.17) is 4.74 Å². The lowest BCUT2D eigenvalue weighted by atomic mass is 9.85. The second kappa shape index (κ2) is 6.27. The van der Waals surface area contributed by atoms with Gasteiger partial charge in [-0.25, -0.2) is 4.79 Å². The molecule has 2 aliphatic rings. The molecule has 0 radical (unpaired) electrons. The Balaban J connectivity index is 1.49. The molecule has 0 spiro atoms. The molecule has 3 rings (SSSR count). The molecule has 2 saturated heterocycles. The van der Waals surface area contributed by atoms with Crippen LogP contribution in [0.5, 0.6) is 0 Å². The number of hydrogen-bond acceptors (Lipinski definition) is 3. The van der Waals surface area contributed by atoms with Crippen LogP contribution in [0.25, 0.3) is 0 Å². The van der Waals surface area contributed by atoms with E-state index in [1.165, 1.54) is 12.8 Å². The molecule has 0 saturated carbocycles. The van der Waals surface area contributed by atoms with Gasteiger partial charge < -0.3 is 15.0 Å². The molecule has 1 amide bonds. The number of likely N-dealkylation sites (tertiary alicyclic amines) is 1. The molecule has 2 heterocycles. The van der Waals surface area contributed by atoms with Crippen molar-refractivity contribution in [3.8, 4) is 0 Å². The monoisotopic (exact) mass is 274 g/mol. The Kier molecular flexibility index (Phi) is 4.21. The number of nitrogens with one attached hydrogen (secondary N) is 1. The van der Waals surface area contributed by atoms with Crippen LogP contribution in [0, 0.1) is 5.92 Å². The molecule has 2 aliphatic heterocycles. The molecule has 20 heavy (non-hydrogen) atoms. The fourth-order valence-electron chi connectivity index (χ4n) is 3.03. The highest BCUT2D eigenvalue weighted by Crippen LogP contribution is 2.25. The van der Waals surface area contributed by atoms with Crippen LogP contribution in [0.1, 0.15) is 24.8 Å². The third kappa shape index (κ3) is 3.12. The van der Waals surface area contributed by atoms with Crippen LogP contribution in [0.4, 0.5) is 4.79 Å². The zero-order chi connectivity index (χ0) is 13.8. The van der Waals surface area contributed by atoms with Crippen LogP contribution >= 0.6 is 0 Å². The average molecular weight is 274 g/mol. The first-order chi connectivity index (χ1) is 9.83. The Morgan fingerprint density at radius 3 is 2.80 bits per heavy atom. The smallest absolute Gasteiger partial charge is 0.410 e. The van der Waals surface area contributed by atoms with Gasteiger partial charge in [0.05, 0.1) is 0 Å². The predicted octanol–water partition coefficient (Wildman–Crippen LogP) is 2.40. The third-order valence-electron chi connectivity index (χ3n) is 4.35. The van der Waals surface area contributed by atoms with Crippen LogP contribution in [-0.4, -0.2) is 36.7 Å². The summed E-state index contributed by atoms with van der Waals surface area (Å²) >= 11 is 0. The molecule has 1 unspecified atom stereocenters. The summed E-state index contributed by atoms with van der Waals surface area (Å²) in [6, 6.07) is 10.5. The SMILES string of the molecule is O=C(OCc1ccccc1)N1CCCC([C@@H]2CCN2)C1. The quantitative estimate of drug-likeness (QED) is 0.920. The van der Waals surface area contributed by atoms with E-state index < -0.39 is 0 Å². The maximum absolute atomic E-state index is 12.1. The van der Waals surface area contributed by atoms with E-state index in [0.29, 0.717) is 18.6 Å². The summed E-state index contributed by atoms with van der Waals surface area (Å²) in [7, 11) is 0. The van der Waals surface area contributed by atoms with Gasteiger partial charge in [-0.05, 0) is 37.3 Å². The van der Waals surface area contributed by atoms with E-state index in [1.807, 2.05) is 35.2 Å². The number of ether oxygens (including phenoxy) is 1. The summed E-state index contributed by atoms with van der Waals surface area (Å²) in [6.07, 6.45) is 3.39. The molecule has 108 valence electrons. The molecular weight excluding hydrogens is 252 g/mol. The van der Waals surface area contributed by atoms with Crippen LogP contribution in [0.2, 0.25) is 0 Å². The fourth-order valence-corrected chi connectivity index (χ4v) is 3.03. The van der Waals surface area contributed by atoms with E-state index >= 15 is 0 Å². The number of rotatable bonds is 3. The number of hydrogen-bond donors (Lipinski definition) is 1. The van der Waals surface area contributed by atoms with Crippen LogP contribution in [-0.2, 0) is 11.3 Å². The van der Waals surface area contributed by atoms with Crippen LogP contribution in [0.3, 0.4) is 0 Å². The Bertz CT molecular complexity index is 445. The van der Waals surface area contributed by atoms with Gasteiger partial charge in [0.1, 0.15) is 6.61 Å². The third-order valence-corrected chi connectivity index (χ3v) is 4.35. The summed E-state index contributed by atoms with van der Waals surface area (Å²) in [5, 5.41) is 3.45. The summed E-state index contributed by atoms with van der Waals surface area (Å²) in [6.45, 7) is 3.16. The lowest BCUT2D eigenvalue weighted by Gasteiger charge is -2.40. The number of carbonyl (C=O) groups excluding carboxylic acids is 1. The van der Waals surface area contributed by atoms with Crippen molar-refractivity contribution in [3.05, 3.63) is 35.9 Å². The predicted molar refractivity (Wildman–Crippen MR) is 77.3 cm³/mol. The molecule has 0 aliphatic carbocycles. The van der Waals surface area contributed by atoms with E-state index in [9.17, 15) is 4.79 Å². The zero-order valence-corrected chi connectivity index (χ0v) is 11.8. The van der Waals surface area contributed by atoms with Gasteiger partial charge in [0.25, 0.3) is 0 Å². The van der Waals surface area contributed by atoms with Crippen molar-refractivity contribution in [3.63, 3.8) is 0 Å². The maximum atomic E-state index is 12.1. The fraction of sp³-hybridized carbons (Fsp3) is 0.562. The highest BCUT2D eigenvalue weighted by atomic mass is 16.6. The topological polar surface area (TPSA) is 41.6 Å². The molecule has 4 nitrogen and oxygen atoms in total. The van der Waals surface area contributed by atoms with Crippen molar-refractivity contribution in [1.82, 2.24) is 10.2 Å². The molecule has 1 aromatic carbocycles. The second-order valence-electron chi connectivity index (χ2n) is 5.74. The largest absolute Gasteiger partial charge is 0.445 e. The van der Waals surface area contributed by atoms with E-state index in [2.05, 4.69) is 5.32 Å². The van der Waals surface area contributed by atoms with Gasteiger partial charge in [-0.1, -0.05) is 30.3 Å². The first-order valence-electron chi connectivity index (χ1n) is 7.52. The molecule has 0 bridgehead atoms. The molecule has 1 N–H and O–H groups in total. The number of nitrogens with zero attached hydrogens (tertiary/aromatic N) is 1. The normalized spacial score (nSPS) is 25.9. The average Bonchev–Trinajstić information content (AvgIpc) is 2.44. The molecule has 0 aromatic heterocycles. The molecular formula is C16H22N2O2. The van der Waals surface area contributed by atoms with Gasteiger partial charge in [-0.15, -0.1) is 0 Å². The summed E-state index contributed by atoms with van der Waals surface area (Å²) < 4.78 is 5.41. The van der Waals surface area contributed by atoms with E-state index in [-0.39, 0.29) is 6.09 Å². The van der Waals surface area contributed by atoms with Gasteiger partial charge in [-0.3, -0.25) is 0 Å². The maximum Gasteiger partial charge on any atom is 0.410 e. The Labute approximate surface area is 120 Å². The zero-order valence-electron chi connectivity index (χ0n) is 11.8. The molecule has 2 fully saturated rings. The lowest BCUT2D eigenvalue weighted by molar-refractivity contribution is 0.0679. The van der Waals surface area contributed by atoms with Crippen molar-refractivity contribution in [1.29, 1.82) is 0 Å². The van der Waals surface area contributed by atoms with Gasteiger partial charge in [-0.2, -0.15) is 0 Å². The van der Waals surface area contributed by atoms with E-state index in [0.717, 1.165) is 31.6 Å². The second-order valence-corrected chi connectivity index (χ2v) is 5.74. The van der Waals surface area contributed by atoms with E-state index in [1.54, 1.807) is 0 Å². The summed E-state index contributed by atoms with van der Waals surface area (Å²) in [5.41, 5.74) is 1.04. The van der Waals surface area contributed by atoms with Crippen molar-refractivity contribution in [2.45, 2.75) is 31.9 Å². The van der Waals surface area contributed by atoms with Crippen LogP contribution in [0.15, 0.2) is 30.3 Å². The number of carbonyl (C=O) groups is 1. The van der Waals surface area contributed by atoms with Gasteiger partial charge in [0.2, 0.25) is 0 Å². The summed E-state index contributed by atoms with van der Waals surface area (Å²) in [4.78, 5) is 14.0. The minimum atomic E-state index is -0.169. The molecule has 1 aromatic rings. The van der Waals surface area contributed by atoms with Gasteiger partial charge in [0, 0.05) is 19.1 Å². The number of benzene rings is 1. The van der Waals surface area contributed by atoms with Gasteiger partial charge >= 0.3 is 6.09 Å². The Morgan fingerprint density at radius 1 is 1.30 bits per heavy atom. The number of piperidine rings is 1. The van der Waals surface area contributed by atoms with Crippen LogP contribution < -0.4 is 5.32 Å². The lowest BCUT2D eigenvalue weighted by Crippen LogP contribution is -2.53. The van der Waals surface area contributed by atoms with Crippen molar-refractivity contribution >= 4 is 6.09 Å². The Hall–Kier alpha value is -1.55. The minimum absolute atomic E-state index is 0.169. The van der Waals surface area contributed by atoms with Crippen molar-refractivity contribution < 1.29 is 9.53 Å². The highest BCUT2D eigenvalue weighted by Gasteiger charge is 2.32.